The minimum Gasteiger partial charge on any atom is -0.489 e. The van der Waals surface area contributed by atoms with E-state index in [0.29, 0.717) is 5.39 Å². The number of anilines is 1. The molecule has 1 aliphatic heterocycles. The minimum absolute atomic E-state index is 0.0381. The predicted octanol–water partition coefficient (Wildman–Crippen LogP) is 3.73. The molecule has 1 aliphatic rings. The van der Waals surface area contributed by atoms with Crippen LogP contribution >= 0.6 is 0 Å². The van der Waals surface area contributed by atoms with Crippen molar-refractivity contribution in [3.8, 4) is 17.0 Å². The number of ether oxygens (including phenoxy) is 1. The van der Waals surface area contributed by atoms with Gasteiger partial charge in [-0.05, 0) is 55.5 Å². The van der Waals surface area contributed by atoms with E-state index in [1.54, 1.807) is 12.1 Å². The number of hydrogen-bond donors (Lipinski definition) is 5. The van der Waals surface area contributed by atoms with Gasteiger partial charge in [-0.3, -0.25) is 19.4 Å². The van der Waals surface area contributed by atoms with Gasteiger partial charge in [-0.2, -0.15) is 13.2 Å². The third-order valence-corrected chi connectivity index (χ3v) is 8.06. The highest BCUT2D eigenvalue weighted by Crippen LogP contribution is 2.47. The molecule has 0 radical (unpaired) electrons. The van der Waals surface area contributed by atoms with Crippen molar-refractivity contribution < 1.29 is 41.8 Å². The van der Waals surface area contributed by atoms with Crippen LogP contribution in [0, 0.1) is 5.82 Å². The summed E-state index contributed by atoms with van der Waals surface area (Å²) in [7, 11) is 0. The van der Waals surface area contributed by atoms with Gasteiger partial charge in [0.15, 0.2) is 5.82 Å². The second-order valence-corrected chi connectivity index (χ2v) is 11.3. The van der Waals surface area contributed by atoms with Gasteiger partial charge in [0.1, 0.15) is 29.3 Å². The molecular formula is C32H25F4N7O5. The highest BCUT2D eigenvalue weighted by molar-refractivity contribution is 6.09. The third-order valence-electron chi connectivity index (χ3n) is 8.06. The first kappa shape index (κ1) is 32.1. The van der Waals surface area contributed by atoms with E-state index in [2.05, 4.69) is 30.6 Å². The molecule has 2 aromatic carbocycles. The number of carbonyl (C=O) groups excluding carboxylic acids is 3. The van der Waals surface area contributed by atoms with Crippen LogP contribution in [0.1, 0.15) is 39.2 Å². The van der Waals surface area contributed by atoms with Crippen LogP contribution in [0.3, 0.4) is 0 Å². The monoisotopic (exact) mass is 663 g/mol. The van der Waals surface area contributed by atoms with Crippen molar-refractivity contribution in [2.75, 3.05) is 18.5 Å². The van der Waals surface area contributed by atoms with Gasteiger partial charge in [0.25, 0.3) is 11.8 Å². The van der Waals surface area contributed by atoms with E-state index in [1.807, 2.05) is 0 Å². The number of carbonyl (C=O) groups is 3. The zero-order chi connectivity index (χ0) is 34.4. The molecule has 5 aromatic rings. The number of imidazole rings is 1. The highest BCUT2D eigenvalue weighted by atomic mass is 19.4. The number of primary amides is 1. The molecule has 3 aromatic heterocycles. The van der Waals surface area contributed by atoms with Gasteiger partial charge in [-0.25, -0.2) is 14.4 Å². The lowest BCUT2D eigenvalue weighted by molar-refractivity contribution is -0.265. The number of fused-ring (bicyclic) bond motifs is 2. The largest absolute Gasteiger partial charge is 0.489 e. The van der Waals surface area contributed by atoms with Gasteiger partial charge in [0, 0.05) is 40.7 Å². The normalized spacial score (nSPS) is 16.9. The van der Waals surface area contributed by atoms with Crippen LogP contribution in [0.2, 0.25) is 0 Å². The van der Waals surface area contributed by atoms with E-state index >= 15 is 0 Å². The van der Waals surface area contributed by atoms with Crippen molar-refractivity contribution in [1.82, 2.24) is 25.3 Å². The lowest BCUT2D eigenvalue weighted by atomic mass is 9.81. The van der Waals surface area contributed by atoms with Crippen LogP contribution in [0.15, 0.2) is 73.2 Å². The molecule has 246 valence electrons. The predicted molar refractivity (Wildman–Crippen MR) is 162 cm³/mol. The summed E-state index contributed by atoms with van der Waals surface area (Å²) in [5.74, 6) is -3.34. The second kappa shape index (κ2) is 11.7. The van der Waals surface area contributed by atoms with E-state index in [-0.39, 0.29) is 51.8 Å². The van der Waals surface area contributed by atoms with E-state index in [1.165, 1.54) is 49.8 Å². The van der Waals surface area contributed by atoms with Gasteiger partial charge >= 0.3 is 6.18 Å². The molecule has 0 saturated carbocycles. The van der Waals surface area contributed by atoms with Gasteiger partial charge in [0.2, 0.25) is 11.5 Å². The molecule has 0 saturated heterocycles. The molecule has 12 nitrogen and oxygen atoms in total. The molecule has 2 atom stereocenters. The topological polar surface area (TPSA) is 185 Å². The summed E-state index contributed by atoms with van der Waals surface area (Å²) in [6, 6.07) is 11.2. The molecular weight excluding hydrogens is 638 g/mol. The van der Waals surface area contributed by atoms with E-state index in [4.69, 9.17) is 10.5 Å². The smallest absolute Gasteiger partial charge is 0.424 e. The summed E-state index contributed by atoms with van der Waals surface area (Å²) in [6.45, 7) is -0.379. The number of hydrogen-bond acceptors (Lipinski definition) is 8. The van der Waals surface area contributed by atoms with Crippen LogP contribution < -0.4 is 21.1 Å². The maximum Gasteiger partial charge on any atom is 0.424 e. The number of nitrogens with one attached hydrogen (secondary N) is 3. The Balaban J connectivity index is 1.38. The lowest BCUT2D eigenvalue weighted by Crippen LogP contribution is -2.51. The Morgan fingerprint density at radius 1 is 1.06 bits per heavy atom. The van der Waals surface area contributed by atoms with Crippen molar-refractivity contribution in [2.24, 2.45) is 5.73 Å². The first-order valence-corrected chi connectivity index (χ1v) is 14.2. The molecule has 6 rings (SSSR count). The van der Waals surface area contributed by atoms with Crippen LogP contribution in [0.4, 0.5) is 23.2 Å². The number of alkyl halides is 3. The molecule has 1 unspecified atom stereocenters. The standard InChI is InChI=1S/C32H25F4N7O5/c1-30(29(37)46)15-48-25-20(30)13-22(43-24(25)16-4-6-19(33)7-5-16)31(47,32(34,35)36)14-41-27(44)18-11-17-3-2-8-38-23(17)21(12-18)42-28(45)26-39-9-10-40-26/h2-13,47H,14-15H2,1H3,(H2,37,46)(H,39,40)(H,41,44)(H,42,45)/t30-,31?/m0/s1. The Bertz CT molecular complexity index is 2070. The van der Waals surface area contributed by atoms with Crippen LogP contribution in [0.25, 0.3) is 22.2 Å². The number of H-pyrrole nitrogens is 1. The summed E-state index contributed by atoms with van der Waals surface area (Å²) in [6.07, 6.45) is -1.18. The van der Waals surface area contributed by atoms with Crippen molar-refractivity contribution in [3.63, 3.8) is 0 Å². The number of benzene rings is 2. The van der Waals surface area contributed by atoms with E-state index < -0.39 is 53.0 Å². The zero-order valence-electron chi connectivity index (χ0n) is 24.9. The summed E-state index contributed by atoms with van der Waals surface area (Å²) in [4.78, 5) is 53.3. The average Bonchev–Trinajstić information content (AvgIpc) is 3.72. The van der Waals surface area contributed by atoms with Crippen molar-refractivity contribution >= 4 is 34.3 Å². The summed E-state index contributed by atoms with van der Waals surface area (Å²) in [5, 5.41) is 16.4. The number of aliphatic hydroxyl groups is 1. The van der Waals surface area contributed by atoms with Crippen molar-refractivity contribution in [3.05, 3.63) is 102 Å². The Hall–Kier alpha value is -5.90. The average molecular weight is 664 g/mol. The zero-order valence-corrected chi connectivity index (χ0v) is 24.9. The van der Waals surface area contributed by atoms with Gasteiger partial charge in [-0.1, -0.05) is 6.07 Å². The number of pyridine rings is 2. The number of halogens is 4. The molecule has 4 heterocycles. The maximum absolute atomic E-state index is 14.8. The second-order valence-electron chi connectivity index (χ2n) is 11.3. The van der Waals surface area contributed by atoms with Gasteiger partial charge in [0.05, 0.1) is 23.4 Å². The highest BCUT2D eigenvalue weighted by Gasteiger charge is 2.57. The minimum atomic E-state index is -5.42. The maximum atomic E-state index is 14.8. The molecule has 16 heteroatoms. The number of nitrogens with two attached hydrogens (primary N) is 1. The van der Waals surface area contributed by atoms with Gasteiger partial charge in [-0.15, -0.1) is 0 Å². The van der Waals surface area contributed by atoms with Crippen LogP contribution in [-0.4, -0.2) is 62.1 Å². The quantitative estimate of drug-likeness (QED) is 0.156. The fraction of sp³-hybridized carbons (Fsp3) is 0.188. The first-order valence-electron chi connectivity index (χ1n) is 14.2. The van der Waals surface area contributed by atoms with Crippen LogP contribution in [-0.2, 0) is 15.8 Å². The molecule has 0 aliphatic carbocycles. The first-order chi connectivity index (χ1) is 22.7. The van der Waals surface area contributed by atoms with Crippen molar-refractivity contribution in [1.29, 1.82) is 0 Å². The summed E-state index contributed by atoms with van der Waals surface area (Å²) < 4.78 is 63.8. The van der Waals surface area contributed by atoms with Gasteiger partial charge < -0.3 is 31.2 Å². The number of rotatable bonds is 8. The SMILES string of the molecule is C[C@]1(C(N)=O)COc2c1cc(C(O)(CNC(=O)c1cc(NC(=O)c3ncc[nH]3)c3ncccc3c1)C(F)(F)F)nc2-c1ccc(F)cc1. The van der Waals surface area contributed by atoms with E-state index in [0.717, 1.165) is 18.2 Å². The number of aromatic nitrogens is 4. The fourth-order valence-electron chi connectivity index (χ4n) is 5.24. The molecule has 6 N–H and O–H groups in total. The number of amides is 3. The summed E-state index contributed by atoms with van der Waals surface area (Å²) >= 11 is 0. The lowest BCUT2D eigenvalue weighted by Gasteiger charge is -2.31. The summed E-state index contributed by atoms with van der Waals surface area (Å²) in [5.41, 5.74) is -0.737. The molecule has 3 amide bonds. The third kappa shape index (κ3) is 5.55. The molecule has 48 heavy (non-hydrogen) atoms. The Labute approximate surface area is 268 Å². The molecule has 0 fully saturated rings. The fourth-order valence-corrected chi connectivity index (χ4v) is 5.24. The Morgan fingerprint density at radius 3 is 2.48 bits per heavy atom. The van der Waals surface area contributed by atoms with E-state index in [9.17, 15) is 37.1 Å². The Kier molecular flexibility index (Phi) is 7.83. The van der Waals surface area contributed by atoms with Crippen molar-refractivity contribution in [2.45, 2.75) is 24.1 Å². The number of nitrogens with zero attached hydrogens (tertiary/aromatic N) is 3. The molecule has 0 spiro atoms. The Morgan fingerprint density at radius 2 is 1.81 bits per heavy atom. The number of aromatic amines is 1. The molecule has 0 bridgehead atoms. The van der Waals surface area contributed by atoms with Crippen LogP contribution in [0.5, 0.6) is 5.75 Å².